The van der Waals surface area contributed by atoms with E-state index in [9.17, 15) is 4.79 Å². The Bertz CT molecular complexity index is 597. The van der Waals surface area contributed by atoms with Crippen LogP contribution < -0.4 is 0 Å². The summed E-state index contributed by atoms with van der Waals surface area (Å²) in [6, 6.07) is 16.8. The molecule has 0 aliphatic carbocycles. The van der Waals surface area contributed by atoms with Gasteiger partial charge >= 0.3 is 5.97 Å². The highest BCUT2D eigenvalue weighted by Crippen LogP contribution is 2.22. The van der Waals surface area contributed by atoms with Crippen molar-refractivity contribution >= 4 is 5.97 Å². The number of hydrogen-bond acceptors (Lipinski definition) is 1. The second-order valence-corrected chi connectivity index (χ2v) is 5.89. The average molecular weight is 282 g/mol. The van der Waals surface area contributed by atoms with Gasteiger partial charge in [0.15, 0.2) is 0 Å². The number of hydrogen-bond donors (Lipinski definition) is 1. The van der Waals surface area contributed by atoms with Crippen molar-refractivity contribution < 1.29 is 9.90 Å². The van der Waals surface area contributed by atoms with Crippen LogP contribution in [-0.4, -0.2) is 11.1 Å². The molecule has 0 aliphatic rings. The van der Waals surface area contributed by atoms with Crippen molar-refractivity contribution in [1.29, 1.82) is 0 Å². The number of aliphatic carboxylic acids is 1. The second kappa shape index (κ2) is 7.07. The molecule has 0 atom stereocenters. The second-order valence-electron chi connectivity index (χ2n) is 5.89. The molecule has 110 valence electrons. The molecule has 0 spiro atoms. The normalized spacial score (nSPS) is 10.8. The summed E-state index contributed by atoms with van der Waals surface area (Å²) in [6.07, 6.45) is 1.85. The zero-order valence-electron chi connectivity index (χ0n) is 12.7. The van der Waals surface area contributed by atoms with E-state index in [1.54, 1.807) is 0 Å². The number of benzene rings is 2. The highest BCUT2D eigenvalue weighted by molar-refractivity contribution is 5.68. The fourth-order valence-corrected chi connectivity index (χ4v) is 2.46. The maximum atomic E-state index is 10.7. The zero-order valence-corrected chi connectivity index (χ0v) is 12.7. The van der Waals surface area contributed by atoms with Gasteiger partial charge in [0.1, 0.15) is 0 Å². The third-order valence-electron chi connectivity index (χ3n) is 3.49. The van der Waals surface area contributed by atoms with Gasteiger partial charge in [-0.1, -0.05) is 62.4 Å². The third-order valence-corrected chi connectivity index (χ3v) is 3.49. The molecule has 0 heterocycles. The van der Waals surface area contributed by atoms with Crippen LogP contribution >= 0.6 is 0 Å². The van der Waals surface area contributed by atoms with Crippen LogP contribution in [0.3, 0.4) is 0 Å². The third kappa shape index (κ3) is 4.75. The van der Waals surface area contributed by atoms with Crippen molar-refractivity contribution in [3.8, 4) is 11.1 Å². The van der Waals surface area contributed by atoms with E-state index in [0.717, 1.165) is 17.5 Å². The molecule has 2 nitrogen and oxygen atoms in total. The number of aryl methyl sites for hydroxylation is 1. The van der Waals surface area contributed by atoms with E-state index in [1.807, 2.05) is 12.1 Å². The molecule has 2 aromatic rings. The molecule has 0 aromatic heterocycles. The minimum absolute atomic E-state index is 0.177. The Labute approximate surface area is 126 Å². The molecular weight excluding hydrogens is 260 g/mol. The summed E-state index contributed by atoms with van der Waals surface area (Å²) in [5.41, 5.74) is 4.76. The molecule has 0 saturated carbocycles. The van der Waals surface area contributed by atoms with Crippen LogP contribution in [0.1, 0.15) is 31.4 Å². The lowest BCUT2D eigenvalue weighted by Gasteiger charge is -2.08. The van der Waals surface area contributed by atoms with E-state index in [-0.39, 0.29) is 6.42 Å². The van der Waals surface area contributed by atoms with Gasteiger partial charge in [-0.25, -0.2) is 0 Å². The molecule has 0 radical (unpaired) electrons. The van der Waals surface area contributed by atoms with E-state index in [2.05, 4.69) is 50.2 Å². The van der Waals surface area contributed by atoms with Gasteiger partial charge < -0.3 is 5.11 Å². The predicted molar refractivity (Wildman–Crippen MR) is 86.4 cm³/mol. The summed E-state index contributed by atoms with van der Waals surface area (Å²) in [5, 5.41) is 8.76. The fraction of sp³-hybridized carbons (Fsp3) is 0.316. The van der Waals surface area contributed by atoms with Gasteiger partial charge in [-0.15, -0.1) is 0 Å². The SMILES string of the molecule is CC(C)Cc1ccc(-c2cccc(CCC(=O)O)c2)cc1. The monoisotopic (exact) mass is 282 g/mol. The minimum Gasteiger partial charge on any atom is -0.481 e. The molecular formula is C19H22O2. The molecule has 0 saturated heterocycles. The first kappa shape index (κ1) is 15.3. The highest BCUT2D eigenvalue weighted by atomic mass is 16.4. The lowest BCUT2D eigenvalue weighted by molar-refractivity contribution is -0.136. The quantitative estimate of drug-likeness (QED) is 0.842. The molecule has 21 heavy (non-hydrogen) atoms. The molecule has 0 bridgehead atoms. The van der Waals surface area contributed by atoms with Gasteiger partial charge in [0.25, 0.3) is 0 Å². The van der Waals surface area contributed by atoms with Crippen molar-refractivity contribution in [2.24, 2.45) is 5.92 Å². The maximum Gasteiger partial charge on any atom is 0.303 e. The van der Waals surface area contributed by atoms with Crippen LogP contribution in [0.4, 0.5) is 0 Å². The molecule has 0 fully saturated rings. The van der Waals surface area contributed by atoms with Gasteiger partial charge in [-0.2, -0.15) is 0 Å². The van der Waals surface area contributed by atoms with Gasteiger partial charge in [-0.05, 0) is 41.0 Å². The number of carboxylic acid groups (broad SMARTS) is 1. The van der Waals surface area contributed by atoms with Crippen LogP contribution in [0.5, 0.6) is 0 Å². The summed E-state index contributed by atoms with van der Waals surface area (Å²) in [5.74, 6) is -0.0892. The number of carboxylic acids is 1. The van der Waals surface area contributed by atoms with Crippen molar-refractivity contribution in [3.63, 3.8) is 0 Å². The molecule has 2 aromatic carbocycles. The van der Waals surface area contributed by atoms with Crippen molar-refractivity contribution in [3.05, 3.63) is 59.7 Å². The Morgan fingerprint density at radius 1 is 1.00 bits per heavy atom. The van der Waals surface area contributed by atoms with Crippen molar-refractivity contribution in [2.45, 2.75) is 33.1 Å². The van der Waals surface area contributed by atoms with E-state index in [0.29, 0.717) is 12.3 Å². The van der Waals surface area contributed by atoms with Gasteiger partial charge in [0, 0.05) is 6.42 Å². The smallest absolute Gasteiger partial charge is 0.303 e. The molecule has 2 rings (SSSR count). The summed E-state index contributed by atoms with van der Waals surface area (Å²) in [6.45, 7) is 4.44. The van der Waals surface area contributed by atoms with Gasteiger partial charge in [0.2, 0.25) is 0 Å². The largest absolute Gasteiger partial charge is 0.481 e. The van der Waals surface area contributed by atoms with Crippen LogP contribution in [0, 0.1) is 5.92 Å². The summed E-state index contributed by atoms with van der Waals surface area (Å²) in [4.78, 5) is 10.7. The summed E-state index contributed by atoms with van der Waals surface area (Å²) < 4.78 is 0. The van der Waals surface area contributed by atoms with Crippen molar-refractivity contribution in [2.75, 3.05) is 0 Å². The minimum atomic E-state index is -0.751. The first-order chi connectivity index (χ1) is 10.0. The van der Waals surface area contributed by atoms with Gasteiger partial charge in [0.05, 0.1) is 0 Å². The Morgan fingerprint density at radius 2 is 1.71 bits per heavy atom. The average Bonchev–Trinajstić information content (AvgIpc) is 2.45. The predicted octanol–water partition coefficient (Wildman–Crippen LogP) is 4.57. The van der Waals surface area contributed by atoms with Crippen LogP contribution in [-0.2, 0) is 17.6 Å². The van der Waals surface area contributed by atoms with Crippen LogP contribution in [0.25, 0.3) is 11.1 Å². The first-order valence-electron chi connectivity index (χ1n) is 7.44. The first-order valence-corrected chi connectivity index (χ1v) is 7.44. The molecule has 0 unspecified atom stereocenters. The molecule has 1 N–H and O–H groups in total. The fourth-order valence-electron chi connectivity index (χ4n) is 2.46. The molecule has 0 amide bonds. The van der Waals surface area contributed by atoms with E-state index >= 15 is 0 Å². The summed E-state index contributed by atoms with van der Waals surface area (Å²) >= 11 is 0. The highest BCUT2D eigenvalue weighted by Gasteiger charge is 2.03. The topological polar surface area (TPSA) is 37.3 Å². The lowest BCUT2D eigenvalue weighted by Crippen LogP contribution is -1.97. The van der Waals surface area contributed by atoms with Gasteiger partial charge in [-0.3, -0.25) is 4.79 Å². The Morgan fingerprint density at radius 3 is 2.33 bits per heavy atom. The summed E-state index contributed by atoms with van der Waals surface area (Å²) in [7, 11) is 0. The Kier molecular flexibility index (Phi) is 5.15. The Hall–Kier alpha value is -2.09. The molecule has 2 heteroatoms. The van der Waals surface area contributed by atoms with E-state index < -0.39 is 5.97 Å². The number of carbonyl (C=O) groups is 1. The zero-order chi connectivity index (χ0) is 15.2. The lowest BCUT2D eigenvalue weighted by atomic mass is 9.97. The van der Waals surface area contributed by atoms with Crippen LogP contribution in [0.15, 0.2) is 48.5 Å². The van der Waals surface area contributed by atoms with Crippen LogP contribution in [0.2, 0.25) is 0 Å². The Balaban J connectivity index is 2.14. The maximum absolute atomic E-state index is 10.7. The van der Waals surface area contributed by atoms with Crippen molar-refractivity contribution in [1.82, 2.24) is 0 Å². The number of rotatable bonds is 6. The van der Waals surface area contributed by atoms with E-state index in [1.165, 1.54) is 11.1 Å². The standard InChI is InChI=1S/C19H22O2/c1-14(2)12-16-6-9-17(10-7-16)18-5-3-4-15(13-18)8-11-19(20)21/h3-7,9-10,13-14H,8,11-12H2,1-2H3,(H,20,21). The van der Waals surface area contributed by atoms with E-state index in [4.69, 9.17) is 5.11 Å². The molecule has 0 aliphatic heterocycles.